The molecule has 0 unspecified atom stereocenters. The molecule has 201 valence electrons. The van der Waals surface area contributed by atoms with E-state index in [2.05, 4.69) is 57.4 Å². The Morgan fingerprint density at radius 3 is 2.07 bits per heavy atom. The van der Waals surface area contributed by atoms with Crippen LogP contribution in [-0.4, -0.2) is 15.0 Å². The molecule has 1 radical (unpaired) electrons. The van der Waals surface area contributed by atoms with E-state index in [0.717, 1.165) is 61.5 Å². The molecule has 0 aliphatic heterocycles. The van der Waals surface area contributed by atoms with Crippen LogP contribution in [0.4, 0.5) is 0 Å². The summed E-state index contributed by atoms with van der Waals surface area (Å²) >= 11 is 0. The molecular formula is C36H25IrN3O-2. The summed E-state index contributed by atoms with van der Waals surface area (Å²) in [4.78, 5) is 12.8. The van der Waals surface area contributed by atoms with Crippen LogP contribution < -0.4 is 0 Å². The van der Waals surface area contributed by atoms with Gasteiger partial charge in [0.15, 0.2) is 0 Å². The van der Waals surface area contributed by atoms with Crippen LogP contribution in [0, 0.1) is 19.1 Å². The smallest absolute Gasteiger partial charge is 0.135 e. The van der Waals surface area contributed by atoms with E-state index in [4.69, 9.17) is 4.42 Å². The van der Waals surface area contributed by atoms with E-state index in [9.17, 15) is 0 Å². The fourth-order valence-corrected chi connectivity index (χ4v) is 4.50. The molecule has 0 amide bonds. The Morgan fingerprint density at radius 1 is 0.634 bits per heavy atom. The minimum atomic E-state index is 0. The van der Waals surface area contributed by atoms with Crippen LogP contribution in [0.5, 0.6) is 0 Å². The van der Waals surface area contributed by atoms with Crippen LogP contribution in [0.15, 0.2) is 138 Å². The van der Waals surface area contributed by atoms with Crippen LogP contribution in [0.3, 0.4) is 0 Å². The Balaban J connectivity index is 0.000000218. The quantitative estimate of drug-likeness (QED) is 0.172. The fraction of sp³-hybridized carbons (Fsp3) is 0.0278. The number of hydrogen-bond acceptors (Lipinski definition) is 4. The van der Waals surface area contributed by atoms with Crippen molar-refractivity contribution in [2.75, 3.05) is 0 Å². The second-order valence-electron chi connectivity index (χ2n) is 9.25. The van der Waals surface area contributed by atoms with Gasteiger partial charge in [-0.15, -0.1) is 71.3 Å². The normalized spacial score (nSPS) is 10.4. The van der Waals surface area contributed by atoms with Gasteiger partial charge in [0.25, 0.3) is 0 Å². The monoisotopic (exact) mass is 708 g/mol. The second-order valence-corrected chi connectivity index (χ2v) is 9.25. The SMILES string of the molecule is Cc1cnccc1-c1cc2cc(-c3cc[c-]c(-c4ccccn4)c3)ccc2o1.[Ir].[c-]1ccccc1-c1ccccn1. The topological polar surface area (TPSA) is 51.8 Å². The van der Waals surface area contributed by atoms with Crippen molar-refractivity contribution in [3.63, 3.8) is 0 Å². The van der Waals surface area contributed by atoms with Crippen molar-refractivity contribution in [3.8, 4) is 45.0 Å². The van der Waals surface area contributed by atoms with E-state index < -0.39 is 0 Å². The number of furan rings is 1. The molecule has 0 aliphatic carbocycles. The van der Waals surface area contributed by atoms with E-state index in [1.807, 2.05) is 92.0 Å². The van der Waals surface area contributed by atoms with Crippen molar-refractivity contribution < 1.29 is 24.5 Å². The number of nitrogens with zero attached hydrogens (tertiary/aromatic N) is 3. The van der Waals surface area contributed by atoms with Crippen LogP contribution >= 0.6 is 0 Å². The Bertz CT molecular complexity index is 1820. The van der Waals surface area contributed by atoms with Crippen molar-refractivity contribution in [2.45, 2.75) is 6.92 Å². The Labute approximate surface area is 253 Å². The number of pyridine rings is 3. The van der Waals surface area contributed by atoms with Gasteiger partial charge < -0.3 is 14.4 Å². The third-order valence-electron chi connectivity index (χ3n) is 6.53. The second kappa shape index (κ2) is 13.1. The molecule has 0 aliphatic rings. The minimum Gasteiger partial charge on any atom is -0.456 e. The molecule has 0 saturated carbocycles. The van der Waals surface area contributed by atoms with Gasteiger partial charge in [0.05, 0.1) is 0 Å². The van der Waals surface area contributed by atoms with Crippen LogP contribution in [0.1, 0.15) is 5.56 Å². The molecule has 4 heterocycles. The number of aryl methyl sites for hydroxylation is 1. The van der Waals surface area contributed by atoms with Gasteiger partial charge in [-0.25, -0.2) is 0 Å². The fourth-order valence-electron chi connectivity index (χ4n) is 4.50. The van der Waals surface area contributed by atoms with Gasteiger partial charge in [-0.05, 0) is 65.8 Å². The van der Waals surface area contributed by atoms with E-state index in [-0.39, 0.29) is 20.1 Å². The molecule has 0 bridgehead atoms. The molecule has 7 aromatic rings. The minimum absolute atomic E-state index is 0. The summed E-state index contributed by atoms with van der Waals surface area (Å²) in [6, 6.07) is 42.5. The maximum atomic E-state index is 6.07. The summed E-state index contributed by atoms with van der Waals surface area (Å²) in [5.74, 6) is 0.864. The first kappa shape index (κ1) is 27.9. The first-order valence-corrected chi connectivity index (χ1v) is 13.0. The molecule has 0 atom stereocenters. The molecule has 3 aromatic carbocycles. The average Bonchev–Trinajstić information content (AvgIpc) is 3.46. The standard InChI is InChI=1S/C25H17N2O.C11H8N.Ir/c1-17-16-26-12-10-22(17)25-15-21-14-19(8-9-24(21)28-25)18-5-4-6-20(13-18)23-7-2-3-11-27-23;1-2-6-10(7-3-1)11-8-4-5-9-12-11;/h2-5,7-16H,1H3;1-6,8-9H;/q2*-1;. The molecule has 4 aromatic heterocycles. The Kier molecular flexibility index (Phi) is 8.90. The zero-order chi connectivity index (χ0) is 27.1. The average molecular weight is 708 g/mol. The summed E-state index contributed by atoms with van der Waals surface area (Å²) in [5, 5.41) is 1.08. The number of benzene rings is 3. The van der Waals surface area contributed by atoms with Crippen molar-refractivity contribution in [1.29, 1.82) is 0 Å². The molecule has 41 heavy (non-hydrogen) atoms. The van der Waals surface area contributed by atoms with Crippen molar-refractivity contribution in [2.24, 2.45) is 0 Å². The summed E-state index contributed by atoms with van der Waals surface area (Å²) in [6.07, 6.45) is 7.24. The van der Waals surface area contributed by atoms with Crippen LogP contribution in [0.25, 0.3) is 55.9 Å². The molecule has 0 fully saturated rings. The summed E-state index contributed by atoms with van der Waals surface area (Å²) in [5.41, 5.74) is 9.22. The Morgan fingerprint density at radius 2 is 1.37 bits per heavy atom. The summed E-state index contributed by atoms with van der Waals surface area (Å²) in [7, 11) is 0. The van der Waals surface area contributed by atoms with E-state index in [0.29, 0.717) is 0 Å². The summed E-state index contributed by atoms with van der Waals surface area (Å²) < 4.78 is 6.07. The molecule has 0 spiro atoms. The van der Waals surface area contributed by atoms with Crippen LogP contribution in [-0.2, 0) is 20.1 Å². The van der Waals surface area contributed by atoms with Gasteiger partial charge in [-0.2, -0.15) is 0 Å². The molecule has 0 saturated heterocycles. The molecule has 7 rings (SSSR count). The largest absolute Gasteiger partial charge is 0.456 e. The first-order valence-electron chi connectivity index (χ1n) is 13.0. The predicted molar refractivity (Wildman–Crippen MR) is 160 cm³/mol. The Hall–Kier alpha value is -4.70. The molecular weight excluding hydrogens is 683 g/mol. The number of fused-ring (bicyclic) bond motifs is 1. The third kappa shape index (κ3) is 6.55. The van der Waals surface area contributed by atoms with Gasteiger partial charge in [0.2, 0.25) is 0 Å². The van der Waals surface area contributed by atoms with Gasteiger partial charge in [0.1, 0.15) is 11.3 Å². The van der Waals surface area contributed by atoms with E-state index in [1.54, 1.807) is 18.6 Å². The van der Waals surface area contributed by atoms with Gasteiger partial charge in [-0.3, -0.25) is 4.98 Å². The molecule has 4 nitrogen and oxygen atoms in total. The maximum Gasteiger partial charge on any atom is 0.135 e. The predicted octanol–water partition coefficient (Wildman–Crippen LogP) is 8.88. The molecule has 5 heteroatoms. The third-order valence-corrected chi connectivity index (χ3v) is 6.53. The molecule has 0 N–H and O–H groups in total. The van der Waals surface area contributed by atoms with Crippen molar-refractivity contribution in [1.82, 2.24) is 15.0 Å². The van der Waals surface area contributed by atoms with Gasteiger partial charge in [0, 0.05) is 55.8 Å². The van der Waals surface area contributed by atoms with Crippen molar-refractivity contribution in [3.05, 3.63) is 152 Å². The zero-order valence-corrected chi connectivity index (χ0v) is 24.7. The van der Waals surface area contributed by atoms with E-state index in [1.165, 1.54) is 0 Å². The van der Waals surface area contributed by atoms with Crippen molar-refractivity contribution >= 4 is 11.0 Å². The first-order chi connectivity index (χ1) is 19.7. The maximum absolute atomic E-state index is 6.07. The van der Waals surface area contributed by atoms with Gasteiger partial charge in [-0.1, -0.05) is 30.3 Å². The summed E-state index contributed by atoms with van der Waals surface area (Å²) in [6.45, 7) is 2.04. The van der Waals surface area contributed by atoms with E-state index >= 15 is 0 Å². The number of aromatic nitrogens is 3. The number of hydrogen-bond donors (Lipinski definition) is 0. The zero-order valence-electron chi connectivity index (χ0n) is 22.3. The van der Waals surface area contributed by atoms with Crippen LogP contribution in [0.2, 0.25) is 0 Å². The van der Waals surface area contributed by atoms with Gasteiger partial charge >= 0.3 is 0 Å². The number of rotatable bonds is 4.